The molecule has 3 aliphatic rings. The van der Waals surface area contributed by atoms with Gasteiger partial charge in [-0.25, -0.2) is 14.0 Å². The molecule has 10 heteroatoms. The zero-order chi connectivity index (χ0) is 21.7. The molecule has 4 rings (SSSR count). The number of hydrogen-bond donors (Lipinski definition) is 1. The molecule has 0 radical (unpaired) electrons. The number of rotatable bonds is 5. The van der Waals surface area contributed by atoms with Gasteiger partial charge in [0.2, 0.25) is 0 Å². The number of hydrogen-bond acceptors (Lipinski definition) is 3. The topological polar surface area (TPSA) is 70.1 Å². The Morgan fingerprint density at radius 1 is 1.23 bits per heavy atom. The highest BCUT2D eigenvalue weighted by atomic mass is 19.4. The van der Waals surface area contributed by atoms with Crippen molar-refractivity contribution in [3.63, 3.8) is 0 Å². The van der Waals surface area contributed by atoms with Crippen LogP contribution in [0.5, 0.6) is 0 Å². The van der Waals surface area contributed by atoms with Crippen molar-refractivity contribution in [1.29, 1.82) is 0 Å². The summed E-state index contributed by atoms with van der Waals surface area (Å²) >= 11 is 0. The molecule has 30 heavy (non-hydrogen) atoms. The Bertz CT molecular complexity index is 852. The maximum absolute atomic E-state index is 13.8. The molecule has 164 valence electrons. The van der Waals surface area contributed by atoms with Gasteiger partial charge in [0, 0.05) is 13.1 Å². The number of likely N-dealkylation sites (tertiary alicyclic amines) is 1. The fourth-order valence-electron chi connectivity index (χ4n) is 4.17. The average molecular weight is 430 g/mol. The van der Waals surface area contributed by atoms with Crippen LogP contribution < -0.4 is 0 Å². The van der Waals surface area contributed by atoms with Crippen molar-refractivity contribution in [2.24, 2.45) is 0 Å². The van der Waals surface area contributed by atoms with E-state index in [2.05, 4.69) is 0 Å². The summed E-state index contributed by atoms with van der Waals surface area (Å²) in [4.78, 5) is 27.0. The molecule has 0 spiro atoms. The Morgan fingerprint density at radius 2 is 1.93 bits per heavy atom. The van der Waals surface area contributed by atoms with E-state index in [4.69, 9.17) is 4.74 Å². The predicted molar refractivity (Wildman–Crippen MR) is 96.3 cm³/mol. The van der Waals surface area contributed by atoms with Crippen LogP contribution in [-0.2, 0) is 16.5 Å². The van der Waals surface area contributed by atoms with Crippen LogP contribution >= 0.6 is 0 Å². The molecule has 0 bridgehead atoms. The van der Waals surface area contributed by atoms with Crippen LogP contribution in [0.4, 0.5) is 27.2 Å². The quantitative estimate of drug-likeness (QED) is 0.695. The second-order valence-electron chi connectivity index (χ2n) is 8.19. The van der Waals surface area contributed by atoms with Crippen molar-refractivity contribution in [3.05, 3.63) is 35.1 Å². The van der Waals surface area contributed by atoms with Crippen LogP contribution in [0.25, 0.3) is 0 Å². The van der Waals surface area contributed by atoms with Gasteiger partial charge >= 0.3 is 18.4 Å². The number of carbonyl (C=O) groups is 2. The summed E-state index contributed by atoms with van der Waals surface area (Å²) in [6.07, 6.45) is -3.39. The summed E-state index contributed by atoms with van der Waals surface area (Å²) < 4.78 is 58.9. The molecule has 1 aliphatic heterocycles. The highest BCUT2D eigenvalue weighted by molar-refractivity contribution is 5.71. The number of amides is 2. The molecule has 2 saturated carbocycles. The molecule has 1 N–H and O–H groups in total. The third kappa shape index (κ3) is 3.91. The molecule has 1 saturated heterocycles. The van der Waals surface area contributed by atoms with Crippen molar-refractivity contribution < 1.29 is 37.0 Å². The van der Waals surface area contributed by atoms with Crippen molar-refractivity contribution in [2.45, 2.75) is 62.4 Å². The number of halogens is 4. The van der Waals surface area contributed by atoms with Gasteiger partial charge < -0.3 is 14.7 Å². The third-order valence-electron chi connectivity index (χ3n) is 6.08. The van der Waals surface area contributed by atoms with Crippen molar-refractivity contribution in [1.82, 2.24) is 9.80 Å². The number of ether oxygens (including phenoxy) is 1. The van der Waals surface area contributed by atoms with E-state index in [1.807, 2.05) is 0 Å². The van der Waals surface area contributed by atoms with Crippen LogP contribution in [0.15, 0.2) is 18.2 Å². The molecule has 1 aromatic rings. The van der Waals surface area contributed by atoms with Crippen molar-refractivity contribution >= 4 is 12.2 Å². The summed E-state index contributed by atoms with van der Waals surface area (Å²) in [5, 5.41) is 9.41. The standard InChI is InChI=1S/C20H22F4N2O4/c21-16-6-3-12(10-15(16)20(22,23)24)19(7-8-19)26(18(29)30-14-4-5-14)11-13-2-1-9-25(13)17(27)28/h3,6,10,13-14H,1-2,4-5,7-9,11H2,(H,27,28). The predicted octanol–water partition coefficient (Wildman–Crippen LogP) is 4.58. The van der Waals surface area contributed by atoms with Gasteiger partial charge in [-0.2, -0.15) is 13.2 Å². The summed E-state index contributed by atoms with van der Waals surface area (Å²) in [7, 11) is 0. The lowest BCUT2D eigenvalue weighted by molar-refractivity contribution is -0.140. The zero-order valence-corrected chi connectivity index (χ0v) is 16.1. The summed E-state index contributed by atoms with van der Waals surface area (Å²) in [5.41, 5.74) is -2.24. The summed E-state index contributed by atoms with van der Waals surface area (Å²) in [5.74, 6) is -1.37. The Labute approximate surface area is 170 Å². The van der Waals surface area contributed by atoms with Crippen LogP contribution in [0, 0.1) is 5.82 Å². The van der Waals surface area contributed by atoms with E-state index in [1.165, 1.54) is 15.9 Å². The van der Waals surface area contributed by atoms with Crippen LogP contribution in [-0.4, -0.2) is 52.3 Å². The molecule has 2 aliphatic carbocycles. The van der Waals surface area contributed by atoms with E-state index < -0.39 is 41.3 Å². The largest absolute Gasteiger partial charge is 0.465 e. The highest BCUT2D eigenvalue weighted by Gasteiger charge is 2.54. The maximum atomic E-state index is 13.8. The van der Waals surface area contributed by atoms with Gasteiger partial charge in [-0.1, -0.05) is 6.07 Å². The first kappa shape index (κ1) is 20.7. The fourth-order valence-corrected chi connectivity index (χ4v) is 4.17. The van der Waals surface area contributed by atoms with Gasteiger partial charge in [0.25, 0.3) is 0 Å². The molecule has 6 nitrogen and oxygen atoms in total. The fraction of sp³-hybridized carbons (Fsp3) is 0.600. The minimum atomic E-state index is -4.86. The van der Waals surface area contributed by atoms with E-state index in [0.29, 0.717) is 32.2 Å². The lowest BCUT2D eigenvalue weighted by Crippen LogP contribution is -2.49. The van der Waals surface area contributed by atoms with Crippen LogP contribution in [0.1, 0.15) is 49.7 Å². The lowest BCUT2D eigenvalue weighted by Gasteiger charge is -2.35. The van der Waals surface area contributed by atoms with E-state index in [1.54, 1.807) is 0 Å². The Hall–Kier alpha value is -2.52. The van der Waals surface area contributed by atoms with E-state index in [-0.39, 0.29) is 18.2 Å². The SMILES string of the molecule is O=C(O)N1CCCC1CN(C(=O)OC1CC1)C1(c2ccc(F)c(C(F)(F)F)c2)CC1. The van der Waals surface area contributed by atoms with Crippen molar-refractivity contribution in [2.75, 3.05) is 13.1 Å². The molecule has 1 atom stereocenters. The summed E-state index contributed by atoms with van der Waals surface area (Å²) in [6.45, 7) is 0.365. The lowest BCUT2D eigenvalue weighted by atomic mass is 9.99. The Kier molecular flexibility index (Phi) is 5.06. The van der Waals surface area contributed by atoms with Gasteiger partial charge in [-0.05, 0) is 56.2 Å². The molecule has 1 heterocycles. The first-order valence-corrected chi connectivity index (χ1v) is 9.97. The first-order chi connectivity index (χ1) is 14.1. The molecule has 1 unspecified atom stereocenters. The molecule has 2 amide bonds. The van der Waals surface area contributed by atoms with E-state index in [9.17, 15) is 32.3 Å². The first-order valence-electron chi connectivity index (χ1n) is 9.97. The Balaban J connectivity index is 1.66. The number of benzene rings is 1. The van der Waals surface area contributed by atoms with Gasteiger partial charge in [0.15, 0.2) is 0 Å². The minimum Gasteiger partial charge on any atom is -0.465 e. The average Bonchev–Trinajstić information content (AvgIpc) is 3.58. The second kappa shape index (κ2) is 7.31. The van der Waals surface area contributed by atoms with Crippen LogP contribution in [0.3, 0.4) is 0 Å². The van der Waals surface area contributed by atoms with Gasteiger partial charge in [-0.3, -0.25) is 4.90 Å². The number of nitrogens with zero attached hydrogens (tertiary/aromatic N) is 2. The molecule has 0 aromatic heterocycles. The number of carbonyl (C=O) groups excluding carboxylic acids is 1. The van der Waals surface area contributed by atoms with Gasteiger partial charge in [0.1, 0.15) is 11.9 Å². The molecule has 1 aromatic carbocycles. The van der Waals surface area contributed by atoms with Crippen LogP contribution in [0.2, 0.25) is 0 Å². The van der Waals surface area contributed by atoms with Crippen molar-refractivity contribution in [3.8, 4) is 0 Å². The van der Waals surface area contributed by atoms with Gasteiger partial charge in [0.05, 0.1) is 17.1 Å². The molecular weight excluding hydrogens is 408 g/mol. The zero-order valence-electron chi connectivity index (χ0n) is 16.1. The Morgan fingerprint density at radius 3 is 2.50 bits per heavy atom. The smallest absolute Gasteiger partial charge is 0.419 e. The summed E-state index contributed by atoms with van der Waals surface area (Å²) in [6, 6.07) is 2.32. The normalized spacial score (nSPS) is 22.7. The number of carboxylic acid groups (broad SMARTS) is 1. The highest BCUT2D eigenvalue weighted by Crippen LogP contribution is 2.53. The molecular formula is C20H22F4N2O4. The second-order valence-corrected chi connectivity index (χ2v) is 8.19. The number of alkyl halides is 3. The van der Waals surface area contributed by atoms with E-state index >= 15 is 0 Å². The minimum absolute atomic E-state index is 0.0244. The monoisotopic (exact) mass is 430 g/mol. The molecule has 3 fully saturated rings. The maximum Gasteiger partial charge on any atom is 0.419 e. The third-order valence-corrected chi connectivity index (χ3v) is 6.08. The van der Waals surface area contributed by atoms with Gasteiger partial charge in [-0.15, -0.1) is 0 Å². The van der Waals surface area contributed by atoms with E-state index in [0.717, 1.165) is 25.0 Å².